The number of ether oxygens (including phenoxy) is 1. The Balaban J connectivity index is 1.76. The van der Waals surface area contributed by atoms with Crippen molar-refractivity contribution in [1.82, 2.24) is 9.78 Å². The summed E-state index contributed by atoms with van der Waals surface area (Å²) in [4.78, 5) is 13.2. The van der Waals surface area contributed by atoms with Crippen molar-refractivity contribution in [2.24, 2.45) is 0 Å². The highest BCUT2D eigenvalue weighted by molar-refractivity contribution is 6.08. The molecule has 0 saturated heterocycles. The van der Waals surface area contributed by atoms with E-state index >= 15 is 0 Å². The Morgan fingerprint density at radius 3 is 2.58 bits per heavy atom. The summed E-state index contributed by atoms with van der Waals surface area (Å²) in [5.74, 6) is 0.399. The number of aromatic nitrogens is 2. The van der Waals surface area contributed by atoms with Gasteiger partial charge in [-0.2, -0.15) is 5.10 Å². The summed E-state index contributed by atoms with van der Waals surface area (Å²) in [5, 5.41) is 17.0. The van der Waals surface area contributed by atoms with Gasteiger partial charge < -0.3 is 15.2 Å². The van der Waals surface area contributed by atoms with Crippen LogP contribution in [0.5, 0.6) is 5.75 Å². The topological polar surface area (TPSA) is 76.4 Å². The number of nitrogens with zero attached hydrogens (tertiary/aromatic N) is 2. The molecule has 0 atom stereocenters. The third kappa shape index (κ3) is 4.49. The standard InChI is InChI=1S/C25H23N3O3/c1-17-9-11-21(12-10-17)28-15-23(24(27-28)19-6-4-8-22(14-19)31-2)25(30)26-20-7-3-5-18(13-20)16-29/h3-15,29H,16H2,1-2H3,(H,26,30). The van der Waals surface area contributed by atoms with E-state index in [0.717, 1.165) is 22.4 Å². The molecule has 0 bridgehead atoms. The zero-order chi connectivity index (χ0) is 21.8. The number of nitrogens with one attached hydrogen (secondary N) is 1. The van der Waals surface area contributed by atoms with Crippen LogP contribution in [-0.4, -0.2) is 27.9 Å². The smallest absolute Gasteiger partial charge is 0.259 e. The molecule has 0 aliphatic rings. The van der Waals surface area contributed by atoms with E-state index in [4.69, 9.17) is 9.84 Å². The second kappa shape index (κ2) is 8.85. The van der Waals surface area contributed by atoms with Crippen LogP contribution in [0.4, 0.5) is 5.69 Å². The first-order valence-corrected chi connectivity index (χ1v) is 9.89. The minimum atomic E-state index is -0.286. The van der Waals surface area contributed by atoms with E-state index in [-0.39, 0.29) is 12.5 Å². The van der Waals surface area contributed by atoms with Crippen molar-refractivity contribution in [2.45, 2.75) is 13.5 Å². The lowest BCUT2D eigenvalue weighted by Crippen LogP contribution is -2.12. The molecule has 0 spiro atoms. The van der Waals surface area contributed by atoms with Crippen molar-refractivity contribution in [3.05, 3.63) is 95.7 Å². The highest BCUT2D eigenvalue weighted by Crippen LogP contribution is 2.28. The Labute approximate surface area is 180 Å². The molecule has 4 aromatic rings. The number of carbonyl (C=O) groups is 1. The molecule has 1 heterocycles. The summed E-state index contributed by atoms with van der Waals surface area (Å²) >= 11 is 0. The molecule has 0 aliphatic heterocycles. The van der Waals surface area contributed by atoms with Crippen LogP contribution < -0.4 is 10.1 Å². The third-order valence-corrected chi connectivity index (χ3v) is 4.97. The zero-order valence-electron chi connectivity index (χ0n) is 17.4. The maximum atomic E-state index is 13.2. The SMILES string of the molecule is COc1cccc(-c2nn(-c3ccc(C)cc3)cc2C(=O)Nc2cccc(CO)c2)c1. The lowest BCUT2D eigenvalue weighted by atomic mass is 10.1. The molecule has 1 amide bonds. The molecule has 3 aromatic carbocycles. The number of anilines is 1. The molecule has 0 saturated carbocycles. The van der Waals surface area contributed by atoms with Gasteiger partial charge in [0.1, 0.15) is 11.4 Å². The van der Waals surface area contributed by atoms with Crippen molar-refractivity contribution in [1.29, 1.82) is 0 Å². The van der Waals surface area contributed by atoms with Crippen LogP contribution >= 0.6 is 0 Å². The predicted molar refractivity (Wildman–Crippen MR) is 121 cm³/mol. The quantitative estimate of drug-likeness (QED) is 0.484. The number of hydrogen-bond acceptors (Lipinski definition) is 4. The maximum Gasteiger partial charge on any atom is 0.259 e. The van der Waals surface area contributed by atoms with E-state index in [1.807, 2.05) is 55.5 Å². The van der Waals surface area contributed by atoms with Crippen LogP contribution in [0.2, 0.25) is 0 Å². The molecular formula is C25H23N3O3. The number of carbonyl (C=O) groups excluding carboxylic acids is 1. The van der Waals surface area contributed by atoms with Gasteiger partial charge in [-0.05, 0) is 48.9 Å². The summed E-state index contributed by atoms with van der Waals surface area (Å²) in [6.07, 6.45) is 1.73. The Morgan fingerprint density at radius 1 is 1.06 bits per heavy atom. The van der Waals surface area contributed by atoms with Gasteiger partial charge in [0.25, 0.3) is 5.91 Å². The molecule has 2 N–H and O–H groups in total. The van der Waals surface area contributed by atoms with E-state index in [2.05, 4.69) is 5.32 Å². The summed E-state index contributed by atoms with van der Waals surface area (Å²) in [5.41, 5.74) is 5.09. The van der Waals surface area contributed by atoms with Crippen LogP contribution in [0.25, 0.3) is 16.9 Å². The fourth-order valence-corrected chi connectivity index (χ4v) is 3.30. The first-order valence-electron chi connectivity index (χ1n) is 9.89. The van der Waals surface area contributed by atoms with Crippen molar-refractivity contribution in [2.75, 3.05) is 12.4 Å². The first kappa shape index (κ1) is 20.4. The Hall–Kier alpha value is -3.90. The number of rotatable bonds is 6. The van der Waals surface area contributed by atoms with E-state index in [1.54, 1.807) is 42.3 Å². The van der Waals surface area contributed by atoms with E-state index in [0.29, 0.717) is 22.7 Å². The molecule has 0 aliphatic carbocycles. The van der Waals surface area contributed by atoms with E-state index in [9.17, 15) is 9.90 Å². The third-order valence-electron chi connectivity index (χ3n) is 4.97. The van der Waals surface area contributed by atoms with Gasteiger partial charge in [0.05, 0.1) is 25.0 Å². The lowest BCUT2D eigenvalue weighted by molar-refractivity contribution is 0.102. The first-order chi connectivity index (χ1) is 15.1. The van der Waals surface area contributed by atoms with Gasteiger partial charge in [-0.25, -0.2) is 4.68 Å². The van der Waals surface area contributed by atoms with Gasteiger partial charge in [-0.1, -0.05) is 42.0 Å². The highest BCUT2D eigenvalue weighted by Gasteiger charge is 2.19. The lowest BCUT2D eigenvalue weighted by Gasteiger charge is -2.07. The van der Waals surface area contributed by atoms with E-state index in [1.165, 1.54) is 0 Å². The van der Waals surface area contributed by atoms with Crippen molar-refractivity contribution >= 4 is 11.6 Å². The number of benzene rings is 3. The minimum Gasteiger partial charge on any atom is -0.497 e. The molecule has 4 rings (SSSR count). The van der Waals surface area contributed by atoms with Gasteiger partial charge in [-0.3, -0.25) is 4.79 Å². The summed E-state index contributed by atoms with van der Waals surface area (Å²) < 4.78 is 7.05. The van der Waals surface area contributed by atoms with Gasteiger partial charge in [0, 0.05) is 17.4 Å². The Kier molecular flexibility index (Phi) is 5.82. The molecule has 0 radical (unpaired) electrons. The molecule has 0 fully saturated rings. The van der Waals surface area contributed by atoms with E-state index < -0.39 is 0 Å². The number of amides is 1. The second-order valence-corrected chi connectivity index (χ2v) is 7.22. The predicted octanol–water partition coefficient (Wildman–Crippen LogP) is 4.60. The van der Waals surface area contributed by atoms with Crippen molar-refractivity contribution in [3.63, 3.8) is 0 Å². The number of aliphatic hydroxyl groups is 1. The summed E-state index contributed by atoms with van der Waals surface area (Å²) in [6, 6.07) is 22.5. The van der Waals surface area contributed by atoms with Crippen LogP contribution in [0.1, 0.15) is 21.5 Å². The largest absolute Gasteiger partial charge is 0.497 e. The van der Waals surface area contributed by atoms with Crippen LogP contribution in [0, 0.1) is 6.92 Å². The second-order valence-electron chi connectivity index (χ2n) is 7.22. The Morgan fingerprint density at radius 2 is 1.84 bits per heavy atom. The maximum absolute atomic E-state index is 13.2. The molecule has 6 heteroatoms. The number of hydrogen-bond donors (Lipinski definition) is 2. The summed E-state index contributed by atoms with van der Waals surface area (Å²) in [6.45, 7) is 1.93. The summed E-state index contributed by atoms with van der Waals surface area (Å²) in [7, 11) is 1.60. The van der Waals surface area contributed by atoms with Crippen LogP contribution in [-0.2, 0) is 6.61 Å². The molecule has 31 heavy (non-hydrogen) atoms. The highest BCUT2D eigenvalue weighted by atomic mass is 16.5. The number of aliphatic hydroxyl groups excluding tert-OH is 1. The number of methoxy groups -OCH3 is 1. The van der Waals surface area contributed by atoms with Gasteiger partial charge in [0.15, 0.2) is 0 Å². The Bertz CT molecular complexity index is 1210. The number of aryl methyl sites for hydroxylation is 1. The van der Waals surface area contributed by atoms with Crippen molar-refractivity contribution < 1.29 is 14.6 Å². The van der Waals surface area contributed by atoms with Gasteiger partial charge in [-0.15, -0.1) is 0 Å². The molecule has 6 nitrogen and oxygen atoms in total. The monoisotopic (exact) mass is 413 g/mol. The molecule has 1 aromatic heterocycles. The van der Waals surface area contributed by atoms with Crippen LogP contribution in [0.3, 0.4) is 0 Å². The fraction of sp³-hybridized carbons (Fsp3) is 0.120. The molecule has 0 unspecified atom stereocenters. The molecular weight excluding hydrogens is 390 g/mol. The van der Waals surface area contributed by atoms with Gasteiger partial charge in [0.2, 0.25) is 0 Å². The van der Waals surface area contributed by atoms with Gasteiger partial charge >= 0.3 is 0 Å². The average molecular weight is 413 g/mol. The normalized spacial score (nSPS) is 10.7. The fourth-order valence-electron chi connectivity index (χ4n) is 3.30. The minimum absolute atomic E-state index is 0.0931. The zero-order valence-corrected chi connectivity index (χ0v) is 17.4. The molecule has 156 valence electrons. The van der Waals surface area contributed by atoms with Crippen LogP contribution in [0.15, 0.2) is 79.0 Å². The average Bonchev–Trinajstić information content (AvgIpc) is 3.25. The van der Waals surface area contributed by atoms with Crippen molar-refractivity contribution in [3.8, 4) is 22.7 Å².